The Morgan fingerprint density at radius 2 is 1.48 bits per heavy atom. The number of hydrogen-bond donors (Lipinski definition) is 2. The molecular formula is C29H50N3O+. The second kappa shape index (κ2) is 9.82. The lowest BCUT2D eigenvalue weighted by Gasteiger charge is -2.36. The molecule has 33 heavy (non-hydrogen) atoms. The molecule has 0 saturated carbocycles. The first kappa shape index (κ1) is 27.4. The molecule has 2 aromatic rings. The van der Waals surface area contributed by atoms with Crippen molar-refractivity contribution in [1.82, 2.24) is 4.57 Å². The topological polar surface area (TPSA) is 41.1 Å². The van der Waals surface area contributed by atoms with Crippen molar-refractivity contribution in [2.24, 2.45) is 16.7 Å². The number of nitrogens with zero attached hydrogens (tertiary/aromatic N) is 2. The molecule has 0 aliphatic rings. The Balaban J connectivity index is 2.55. The van der Waals surface area contributed by atoms with Gasteiger partial charge in [-0.3, -0.25) is 0 Å². The van der Waals surface area contributed by atoms with Crippen LogP contribution in [0.1, 0.15) is 107 Å². The summed E-state index contributed by atoms with van der Waals surface area (Å²) in [6, 6.07) is 9.97. The number of rotatable bonds is 10. The third-order valence-corrected chi connectivity index (χ3v) is 6.32. The molecule has 2 N–H and O–H groups in total. The molecule has 4 heteroatoms. The highest BCUT2D eigenvalue weighted by Crippen LogP contribution is 2.38. The molecule has 0 aliphatic carbocycles. The maximum Gasteiger partial charge on any atom is 0.308 e. The summed E-state index contributed by atoms with van der Waals surface area (Å²) in [7, 11) is 0. The normalized spacial score (nSPS) is 14.6. The van der Waals surface area contributed by atoms with Crippen LogP contribution in [0.15, 0.2) is 42.7 Å². The number of hydrogen-bond acceptors (Lipinski definition) is 2. The van der Waals surface area contributed by atoms with Crippen molar-refractivity contribution in [3.8, 4) is 0 Å². The van der Waals surface area contributed by atoms with Crippen LogP contribution < -0.4 is 9.88 Å². The zero-order valence-corrected chi connectivity index (χ0v) is 23.2. The fourth-order valence-corrected chi connectivity index (χ4v) is 6.26. The molecule has 1 aromatic heterocycles. The number of para-hydroxylation sites is 1. The van der Waals surface area contributed by atoms with Gasteiger partial charge in [0.1, 0.15) is 23.5 Å². The molecule has 0 bridgehead atoms. The lowest BCUT2D eigenvalue weighted by atomic mass is 9.75. The van der Waals surface area contributed by atoms with Crippen molar-refractivity contribution in [2.75, 3.05) is 5.32 Å². The van der Waals surface area contributed by atoms with Crippen molar-refractivity contribution < 1.29 is 9.67 Å². The summed E-state index contributed by atoms with van der Waals surface area (Å²) in [5.74, 6) is 1.55. The first-order chi connectivity index (χ1) is 14.9. The van der Waals surface area contributed by atoms with E-state index in [4.69, 9.17) is 0 Å². The number of imidazole rings is 1. The molecule has 0 saturated heterocycles. The molecule has 0 radical (unpaired) electrons. The molecule has 0 fully saturated rings. The van der Waals surface area contributed by atoms with E-state index in [-0.39, 0.29) is 21.9 Å². The maximum absolute atomic E-state index is 11.5. The standard InChI is InChI=1S/C29H50N3O/c1-22(2)19-27(6,7)21-29(10,11)32-18-17-31(28(8,9)20-26(3,4)5)25(32)24(33)30-23-15-13-12-14-16-23/h12-18,22,24,30,33H,19-21H2,1-11H3/q+1. The fraction of sp³-hybridized carbons (Fsp3) is 0.690. The summed E-state index contributed by atoms with van der Waals surface area (Å²) in [5, 5.41) is 14.9. The molecule has 1 heterocycles. The van der Waals surface area contributed by atoms with Crippen LogP contribution in [-0.4, -0.2) is 9.67 Å². The molecule has 1 unspecified atom stereocenters. The highest BCUT2D eigenvalue weighted by Gasteiger charge is 2.43. The molecular weight excluding hydrogens is 406 g/mol. The zero-order valence-electron chi connectivity index (χ0n) is 23.2. The number of anilines is 1. The minimum absolute atomic E-state index is 0.151. The van der Waals surface area contributed by atoms with Gasteiger partial charge in [0.05, 0.1) is 0 Å². The highest BCUT2D eigenvalue weighted by molar-refractivity contribution is 5.43. The Labute approximate surface area is 203 Å². The summed E-state index contributed by atoms with van der Waals surface area (Å²) in [6.45, 7) is 25.3. The lowest BCUT2D eigenvalue weighted by molar-refractivity contribution is -0.769. The number of nitrogens with one attached hydrogen (secondary N) is 1. The molecule has 1 atom stereocenters. The second-order valence-corrected chi connectivity index (χ2v) is 13.6. The number of aliphatic hydroxyl groups excluding tert-OH is 1. The van der Waals surface area contributed by atoms with Crippen LogP contribution in [-0.2, 0) is 11.1 Å². The quantitative estimate of drug-likeness (QED) is 0.292. The fourth-order valence-electron chi connectivity index (χ4n) is 6.26. The van der Waals surface area contributed by atoms with Crippen LogP contribution in [0.3, 0.4) is 0 Å². The highest BCUT2D eigenvalue weighted by atomic mass is 16.3. The maximum atomic E-state index is 11.5. The van der Waals surface area contributed by atoms with Crippen molar-refractivity contribution in [1.29, 1.82) is 0 Å². The van der Waals surface area contributed by atoms with E-state index in [1.165, 1.54) is 6.42 Å². The number of benzene rings is 1. The van der Waals surface area contributed by atoms with Crippen LogP contribution in [0.2, 0.25) is 0 Å². The molecule has 2 rings (SSSR count). The summed E-state index contributed by atoms with van der Waals surface area (Å²) < 4.78 is 4.59. The van der Waals surface area contributed by atoms with Crippen molar-refractivity contribution >= 4 is 5.69 Å². The summed E-state index contributed by atoms with van der Waals surface area (Å²) in [5.41, 5.74) is 0.971. The lowest BCUT2D eigenvalue weighted by Crippen LogP contribution is -2.57. The zero-order chi connectivity index (χ0) is 25.2. The van der Waals surface area contributed by atoms with Crippen LogP contribution >= 0.6 is 0 Å². The smallest absolute Gasteiger partial charge is 0.308 e. The largest absolute Gasteiger partial charge is 0.363 e. The van der Waals surface area contributed by atoms with Gasteiger partial charge in [-0.05, 0) is 75.8 Å². The van der Waals surface area contributed by atoms with Crippen molar-refractivity contribution in [3.05, 3.63) is 48.5 Å². The van der Waals surface area contributed by atoms with Gasteiger partial charge in [-0.1, -0.05) is 66.7 Å². The van der Waals surface area contributed by atoms with E-state index < -0.39 is 6.23 Å². The van der Waals surface area contributed by atoms with Crippen LogP contribution in [0.25, 0.3) is 0 Å². The SMILES string of the molecule is CC(C)CC(C)(C)CC(C)(C)[n+]1ccn(C(C)(C)CC(C)(C)C)c1C(O)Nc1ccccc1. The summed E-state index contributed by atoms with van der Waals surface area (Å²) in [6.07, 6.45) is 6.70. The third kappa shape index (κ3) is 7.60. The number of aromatic nitrogens is 2. The van der Waals surface area contributed by atoms with Gasteiger partial charge in [-0.2, -0.15) is 0 Å². The van der Waals surface area contributed by atoms with Crippen molar-refractivity contribution in [2.45, 2.75) is 113 Å². The first-order valence-electron chi connectivity index (χ1n) is 12.6. The average Bonchev–Trinajstić information content (AvgIpc) is 3.05. The molecule has 0 spiro atoms. The van der Waals surface area contributed by atoms with E-state index in [1.807, 2.05) is 30.3 Å². The summed E-state index contributed by atoms with van der Waals surface area (Å²) in [4.78, 5) is 0. The third-order valence-electron chi connectivity index (χ3n) is 6.32. The van der Waals surface area contributed by atoms with Gasteiger partial charge in [0.2, 0.25) is 6.23 Å². The van der Waals surface area contributed by atoms with E-state index in [9.17, 15) is 5.11 Å². The van der Waals surface area contributed by atoms with Crippen molar-refractivity contribution in [3.63, 3.8) is 0 Å². The molecule has 186 valence electrons. The number of aliphatic hydroxyl groups is 1. The summed E-state index contributed by atoms with van der Waals surface area (Å²) >= 11 is 0. The average molecular weight is 457 g/mol. The van der Waals surface area contributed by atoms with Gasteiger partial charge in [-0.15, -0.1) is 0 Å². The van der Waals surface area contributed by atoms with Gasteiger partial charge in [-0.25, -0.2) is 9.13 Å². The van der Waals surface area contributed by atoms with Crippen LogP contribution in [0, 0.1) is 16.7 Å². The van der Waals surface area contributed by atoms with Gasteiger partial charge < -0.3 is 10.4 Å². The minimum atomic E-state index is -0.825. The second-order valence-electron chi connectivity index (χ2n) is 13.6. The van der Waals surface area contributed by atoms with E-state index in [0.717, 1.165) is 24.4 Å². The van der Waals surface area contributed by atoms with Crippen LogP contribution in [0.4, 0.5) is 5.69 Å². The Morgan fingerprint density at radius 3 is 2.00 bits per heavy atom. The van der Waals surface area contributed by atoms with Gasteiger partial charge in [0.15, 0.2) is 0 Å². The predicted molar refractivity (Wildman–Crippen MR) is 140 cm³/mol. The molecule has 0 amide bonds. The predicted octanol–water partition coefficient (Wildman–Crippen LogP) is 7.25. The Kier molecular flexibility index (Phi) is 8.16. The Morgan fingerprint density at radius 1 is 0.909 bits per heavy atom. The van der Waals surface area contributed by atoms with E-state index >= 15 is 0 Å². The van der Waals surface area contributed by atoms with E-state index in [1.54, 1.807) is 0 Å². The minimum Gasteiger partial charge on any atom is -0.363 e. The van der Waals surface area contributed by atoms with Gasteiger partial charge in [0.25, 0.3) is 0 Å². The Bertz CT molecular complexity index is 885. The van der Waals surface area contributed by atoms with E-state index in [2.05, 4.69) is 103 Å². The first-order valence-corrected chi connectivity index (χ1v) is 12.6. The van der Waals surface area contributed by atoms with E-state index in [0.29, 0.717) is 5.92 Å². The van der Waals surface area contributed by atoms with Gasteiger partial charge >= 0.3 is 5.82 Å². The molecule has 0 aliphatic heterocycles. The molecule has 1 aromatic carbocycles. The van der Waals surface area contributed by atoms with Gasteiger partial charge in [0, 0.05) is 5.69 Å². The van der Waals surface area contributed by atoms with Crippen LogP contribution in [0.5, 0.6) is 0 Å². The molecule has 4 nitrogen and oxygen atoms in total. The Hall–Kier alpha value is -1.81. The monoisotopic (exact) mass is 456 g/mol.